The summed E-state index contributed by atoms with van der Waals surface area (Å²) in [6.07, 6.45) is -9.78. The third kappa shape index (κ3) is 2.79. The Morgan fingerprint density at radius 2 is 0.636 bits per heavy atom. The van der Waals surface area contributed by atoms with Gasteiger partial charge in [0.15, 0.2) is 0 Å². The van der Waals surface area contributed by atoms with Crippen LogP contribution in [-0.2, 0) is 10.8 Å². The van der Waals surface area contributed by atoms with Gasteiger partial charge in [-0.25, -0.2) is 0 Å². The van der Waals surface area contributed by atoms with Crippen molar-refractivity contribution >= 4 is 21.5 Å². The first kappa shape index (κ1) is 25.9. The molecule has 0 unspecified atom stereocenters. The van der Waals surface area contributed by atoms with Crippen LogP contribution in [-0.4, -0.2) is 12.4 Å². The largest absolute Gasteiger partial charge is 0.402 e. The molecule has 0 aromatic heterocycles. The molecule has 0 N–H and O–H groups in total. The lowest BCUT2D eigenvalue weighted by Crippen LogP contribution is -2.53. The fraction of sp³-hybridized carbons (Fsp3) is 0.158. The molecule has 9 rings (SSSR count). The Hall–Kier alpha value is -4.58. The standard InChI is InChI=1S/C38H22F6/c1-35(37(39,40)41)29-15-25-21-11-3-7-19-9-5-13-23(33(19)21)27(25)17-31(29)36(2,38(42,43)44)32-18-28-24-14-6-10-20-8-4-12-22(34(20)24)26(28)16-30(32)35/h3-18H,1-2H3. The summed E-state index contributed by atoms with van der Waals surface area (Å²) in [5, 5.41) is 3.46. The molecule has 0 saturated carbocycles. The van der Waals surface area contributed by atoms with Gasteiger partial charge in [0.1, 0.15) is 10.8 Å². The fourth-order valence-corrected chi connectivity index (χ4v) is 8.23. The van der Waals surface area contributed by atoms with Gasteiger partial charge < -0.3 is 0 Å². The first-order valence-corrected chi connectivity index (χ1v) is 14.4. The van der Waals surface area contributed by atoms with Crippen molar-refractivity contribution in [3.05, 3.63) is 119 Å². The summed E-state index contributed by atoms with van der Waals surface area (Å²) in [5.74, 6) is 0. The van der Waals surface area contributed by atoms with Crippen molar-refractivity contribution in [2.45, 2.75) is 37.0 Å². The van der Waals surface area contributed by atoms with Gasteiger partial charge in [-0.3, -0.25) is 0 Å². The molecule has 3 aliphatic carbocycles. The minimum absolute atomic E-state index is 0.352. The maximum absolute atomic E-state index is 15.6. The van der Waals surface area contributed by atoms with E-state index in [9.17, 15) is 0 Å². The Morgan fingerprint density at radius 3 is 0.864 bits per heavy atom. The zero-order valence-corrected chi connectivity index (χ0v) is 23.5. The zero-order valence-electron chi connectivity index (χ0n) is 23.5. The van der Waals surface area contributed by atoms with Gasteiger partial charge in [-0.2, -0.15) is 26.3 Å². The quantitative estimate of drug-likeness (QED) is 0.154. The molecule has 3 aliphatic rings. The fourth-order valence-electron chi connectivity index (χ4n) is 8.23. The second-order valence-corrected chi connectivity index (χ2v) is 12.6. The summed E-state index contributed by atoms with van der Waals surface area (Å²) in [6, 6.07) is 27.8. The highest BCUT2D eigenvalue weighted by Crippen LogP contribution is 2.64. The van der Waals surface area contributed by atoms with Gasteiger partial charge in [-0.05, 0) is 126 Å². The maximum atomic E-state index is 15.6. The van der Waals surface area contributed by atoms with Crippen LogP contribution in [0.2, 0.25) is 0 Å². The summed E-state index contributed by atoms with van der Waals surface area (Å²) >= 11 is 0. The van der Waals surface area contributed by atoms with E-state index in [0.717, 1.165) is 57.6 Å². The number of benzene rings is 6. The highest BCUT2D eigenvalue weighted by Gasteiger charge is 2.66. The van der Waals surface area contributed by atoms with Crippen LogP contribution in [0.5, 0.6) is 0 Å². The van der Waals surface area contributed by atoms with E-state index in [1.807, 2.05) is 72.8 Å². The molecule has 216 valence electrons. The number of hydrogen-bond donors (Lipinski definition) is 0. The lowest BCUT2D eigenvalue weighted by Gasteiger charge is -2.48. The highest BCUT2D eigenvalue weighted by molar-refractivity contribution is 6.17. The number of halogens is 6. The topological polar surface area (TPSA) is 0 Å². The van der Waals surface area contributed by atoms with Gasteiger partial charge in [0.25, 0.3) is 0 Å². The Labute approximate surface area is 248 Å². The van der Waals surface area contributed by atoms with Crippen molar-refractivity contribution < 1.29 is 26.3 Å². The molecule has 44 heavy (non-hydrogen) atoms. The number of alkyl halides is 6. The molecule has 0 amide bonds. The van der Waals surface area contributed by atoms with Gasteiger partial charge >= 0.3 is 12.4 Å². The lowest BCUT2D eigenvalue weighted by molar-refractivity contribution is -0.188. The van der Waals surface area contributed by atoms with Crippen LogP contribution in [0.25, 0.3) is 66.1 Å². The van der Waals surface area contributed by atoms with Gasteiger partial charge in [-0.1, -0.05) is 72.8 Å². The predicted octanol–water partition coefficient (Wildman–Crippen LogP) is 11.3. The first-order valence-electron chi connectivity index (χ1n) is 14.4. The third-order valence-electron chi connectivity index (χ3n) is 10.6. The Morgan fingerprint density at radius 1 is 0.386 bits per heavy atom. The minimum Gasteiger partial charge on any atom is -0.170 e. The second-order valence-electron chi connectivity index (χ2n) is 12.6. The molecule has 0 aliphatic heterocycles. The summed E-state index contributed by atoms with van der Waals surface area (Å²) < 4.78 is 93.8. The molecule has 0 atom stereocenters. The molecule has 6 aromatic rings. The lowest BCUT2D eigenvalue weighted by atomic mass is 9.57. The molecule has 0 fully saturated rings. The Balaban J connectivity index is 1.44. The predicted molar refractivity (Wildman–Crippen MR) is 162 cm³/mol. The van der Waals surface area contributed by atoms with E-state index in [1.165, 1.54) is 24.3 Å². The molecule has 0 radical (unpaired) electrons. The van der Waals surface area contributed by atoms with Crippen molar-refractivity contribution in [1.82, 2.24) is 0 Å². The molecule has 6 heteroatoms. The van der Waals surface area contributed by atoms with E-state index in [0.29, 0.717) is 22.3 Å². The van der Waals surface area contributed by atoms with Crippen molar-refractivity contribution in [3.63, 3.8) is 0 Å². The molecular weight excluding hydrogens is 570 g/mol. The normalized spacial score (nSPS) is 20.9. The van der Waals surface area contributed by atoms with Crippen molar-refractivity contribution in [2.24, 2.45) is 0 Å². The van der Waals surface area contributed by atoms with Crippen molar-refractivity contribution in [1.29, 1.82) is 0 Å². The van der Waals surface area contributed by atoms with Crippen LogP contribution in [0.1, 0.15) is 36.1 Å². The molecule has 0 bridgehead atoms. The molecule has 0 spiro atoms. The van der Waals surface area contributed by atoms with Crippen molar-refractivity contribution in [2.75, 3.05) is 0 Å². The van der Waals surface area contributed by atoms with E-state index in [-0.39, 0.29) is 22.3 Å². The summed E-state index contributed by atoms with van der Waals surface area (Å²) in [5.41, 5.74) is -1.77. The number of hydrogen-bond acceptors (Lipinski definition) is 0. The van der Waals surface area contributed by atoms with Crippen LogP contribution in [0, 0.1) is 0 Å². The van der Waals surface area contributed by atoms with Crippen LogP contribution in [0.15, 0.2) is 97.1 Å². The average Bonchev–Trinajstić information content (AvgIpc) is 3.48. The third-order valence-corrected chi connectivity index (χ3v) is 10.6. The Kier molecular flexibility index (Phi) is 4.55. The molecular formula is C38H22F6. The average molecular weight is 593 g/mol. The monoisotopic (exact) mass is 592 g/mol. The molecule has 0 saturated heterocycles. The smallest absolute Gasteiger partial charge is 0.170 e. The van der Waals surface area contributed by atoms with Crippen LogP contribution < -0.4 is 0 Å². The highest BCUT2D eigenvalue weighted by atomic mass is 19.4. The summed E-state index contributed by atoms with van der Waals surface area (Å²) in [4.78, 5) is 0. The van der Waals surface area contributed by atoms with Gasteiger partial charge in [-0.15, -0.1) is 0 Å². The second kappa shape index (κ2) is 7.73. The van der Waals surface area contributed by atoms with Crippen LogP contribution >= 0.6 is 0 Å². The van der Waals surface area contributed by atoms with Gasteiger partial charge in [0, 0.05) is 0 Å². The molecule has 0 nitrogen and oxygen atoms in total. The van der Waals surface area contributed by atoms with Crippen LogP contribution in [0.3, 0.4) is 0 Å². The van der Waals surface area contributed by atoms with E-state index >= 15 is 26.3 Å². The number of fused-ring (bicyclic) bond motifs is 8. The molecule has 0 heterocycles. The first-order chi connectivity index (χ1) is 20.9. The van der Waals surface area contributed by atoms with E-state index in [2.05, 4.69) is 0 Å². The maximum Gasteiger partial charge on any atom is 0.402 e. The van der Waals surface area contributed by atoms with Crippen LogP contribution in [0.4, 0.5) is 26.3 Å². The SMILES string of the molecule is CC1(C(F)(F)F)c2cc3c(cc2C(C)(C(F)(F)F)c2cc4c(cc21)-c1cccc2cccc-4c12)-c1cccc2cccc-3c12. The Bertz CT molecular complexity index is 1990. The van der Waals surface area contributed by atoms with E-state index < -0.39 is 23.2 Å². The number of rotatable bonds is 0. The van der Waals surface area contributed by atoms with Crippen molar-refractivity contribution in [3.8, 4) is 44.5 Å². The zero-order chi connectivity index (χ0) is 30.6. The van der Waals surface area contributed by atoms with E-state index in [4.69, 9.17) is 0 Å². The summed E-state index contributed by atoms with van der Waals surface area (Å²) in [7, 11) is 0. The molecule has 6 aromatic carbocycles. The van der Waals surface area contributed by atoms with Gasteiger partial charge in [0.05, 0.1) is 0 Å². The minimum atomic E-state index is -4.89. The van der Waals surface area contributed by atoms with Gasteiger partial charge in [0.2, 0.25) is 0 Å². The van der Waals surface area contributed by atoms with E-state index in [1.54, 1.807) is 0 Å². The summed E-state index contributed by atoms with van der Waals surface area (Å²) in [6.45, 7) is 2.09.